The Hall–Kier alpha value is -3.64. The van der Waals surface area contributed by atoms with Crippen LogP contribution in [0.5, 0.6) is 5.75 Å². The van der Waals surface area contributed by atoms with Gasteiger partial charge in [-0.2, -0.15) is 5.26 Å². The van der Waals surface area contributed by atoms with E-state index in [1.54, 1.807) is 0 Å². The summed E-state index contributed by atoms with van der Waals surface area (Å²) >= 11 is 6.14. The van der Waals surface area contributed by atoms with E-state index >= 15 is 0 Å². The number of unbranched alkanes of at least 4 members (excludes halogenated alkanes) is 2. The molecule has 1 saturated heterocycles. The number of halogens is 1. The third-order valence-corrected chi connectivity index (χ3v) is 8.67. The maximum atomic E-state index is 9.14. The summed E-state index contributed by atoms with van der Waals surface area (Å²) in [4.78, 5) is 14.1. The Kier molecular flexibility index (Phi) is 15.7. The predicted molar refractivity (Wildman–Crippen MR) is 188 cm³/mol. The number of ether oxygens (including phenoxy) is 1. The van der Waals surface area contributed by atoms with Crippen LogP contribution in [0.2, 0.25) is 5.02 Å². The number of hydrogen-bond donors (Lipinski definition) is 2. The van der Waals surface area contributed by atoms with E-state index in [-0.39, 0.29) is 5.92 Å². The van der Waals surface area contributed by atoms with Gasteiger partial charge in [0.1, 0.15) is 5.75 Å². The lowest BCUT2D eigenvalue weighted by molar-refractivity contribution is 0.221. The second kappa shape index (κ2) is 20.5. The van der Waals surface area contributed by atoms with Crippen molar-refractivity contribution in [3.63, 3.8) is 0 Å². The lowest BCUT2D eigenvalue weighted by Gasteiger charge is -2.26. The van der Waals surface area contributed by atoms with Gasteiger partial charge in [0, 0.05) is 48.9 Å². The highest BCUT2D eigenvalue weighted by Gasteiger charge is 2.16. The molecule has 3 aromatic rings. The average Bonchev–Trinajstić information content (AvgIpc) is 3.08. The summed E-state index contributed by atoms with van der Waals surface area (Å²) in [5, 5.41) is 15.8. The van der Waals surface area contributed by atoms with Gasteiger partial charge in [0.25, 0.3) is 0 Å². The molecule has 2 heterocycles. The largest absolute Gasteiger partial charge is 0.494 e. The number of aromatic nitrogens is 1. The zero-order valence-corrected chi connectivity index (χ0v) is 28.1. The minimum absolute atomic E-state index is 0.239. The van der Waals surface area contributed by atoms with Crippen molar-refractivity contribution in [3.05, 3.63) is 94.8 Å². The Morgan fingerprint density at radius 2 is 1.80 bits per heavy atom. The molecule has 2 N–H and O–H groups in total. The van der Waals surface area contributed by atoms with Crippen molar-refractivity contribution >= 4 is 17.6 Å². The summed E-state index contributed by atoms with van der Waals surface area (Å²) in [5.74, 6) is 1.66. The fourth-order valence-corrected chi connectivity index (χ4v) is 5.94. The van der Waals surface area contributed by atoms with Gasteiger partial charge in [0.2, 0.25) is 5.96 Å². The zero-order chi connectivity index (χ0) is 32.2. The van der Waals surface area contributed by atoms with E-state index < -0.39 is 0 Å². The van der Waals surface area contributed by atoms with E-state index in [1.807, 2.05) is 30.6 Å². The van der Waals surface area contributed by atoms with Gasteiger partial charge in [-0.25, -0.2) is 0 Å². The van der Waals surface area contributed by atoms with Crippen LogP contribution in [-0.4, -0.2) is 73.7 Å². The first-order valence-electron chi connectivity index (χ1n) is 16.8. The molecule has 8 nitrogen and oxygen atoms in total. The average molecular weight is 644 g/mol. The Morgan fingerprint density at radius 1 is 1.00 bits per heavy atom. The molecule has 0 spiro atoms. The van der Waals surface area contributed by atoms with Crippen molar-refractivity contribution in [2.45, 2.75) is 63.8 Å². The van der Waals surface area contributed by atoms with E-state index in [1.165, 1.54) is 43.5 Å². The molecule has 1 aliphatic heterocycles. The summed E-state index contributed by atoms with van der Waals surface area (Å²) in [5.41, 5.74) is 3.67. The second-order valence-corrected chi connectivity index (χ2v) is 12.5. The molecule has 0 saturated carbocycles. The summed E-state index contributed by atoms with van der Waals surface area (Å²) in [6, 6.07) is 22.7. The Morgan fingerprint density at radius 3 is 2.54 bits per heavy atom. The molecule has 0 bridgehead atoms. The van der Waals surface area contributed by atoms with Gasteiger partial charge in [0.05, 0.1) is 6.61 Å². The highest BCUT2D eigenvalue weighted by atomic mass is 35.5. The van der Waals surface area contributed by atoms with Crippen molar-refractivity contribution < 1.29 is 4.74 Å². The Bertz CT molecular complexity index is 1320. The number of benzene rings is 2. The van der Waals surface area contributed by atoms with E-state index in [4.69, 9.17) is 21.6 Å². The second-order valence-electron chi connectivity index (χ2n) is 12.1. The molecular formula is C37H50ClN7O. The minimum atomic E-state index is 0.239. The third-order valence-electron chi connectivity index (χ3n) is 8.42. The number of nitrogens with zero attached hydrogens (tertiary/aromatic N) is 5. The normalized spacial score (nSPS) is 14.5. The number of hydrogen-bond acceptors (Lipinski definition) is 6. The first-order valence-corrected chi connectivity index (χ1v) is 17.2. The lowest BCUT2D eigenvalue weighted by Crippen LogP contribution is -2.35. The van der Waals surface area contributed by atoms with Crippen LogP contribution >= 0.6 is 11.6 Å². The number of pyridine rings is 1. The molecule has 246 valence electrons. The molecule has 1 aromatic heterocycles. The molecule has 1 fully saturated rings. The fraction of sp³-hybridized carbons (Fsp3) is 0.486. The minimum Gasteiger partial charge on any atom is -0.494 e. The van der Waals surface area contributed by atoms with Crippen molar-refractivity contribution in [3.8, 4) is 11.9 Å². The summed E-state index contributed by atoms with van der Waals surface area (Å²) in [6.45, 7) is 7.40. The van der Waals surface area contributed by atoms with Crippen LogP contribution in [0.25, 0.3) is 0 Å². The van der Waals surface area contributed by atoms with Crippen LogP contribution in [0.15, 0.2) is 77.9 Å². The molecule has 0 amide bonds. The van der Waals surface area contributed by atoms with Gasteiger partial charge in [-0.15, -0.1) is 0 Å². The molecule has 1 atom stereocenters. The summed E-state index contributed by atoms with van der Waals surface area (Å²) in [7, 11) is 2.19. The van der Waals surface area contributed by atoms with Gasteiger partial charge in [-0.3, -0.25) is 20.2 Å². The smallest absolute Gasteiger partial charge is 0.204 e. The maximum Gasteiger partial charge on any atom is 0.204 e. The number of likely N-dealkylation sites (tertiary alicyclic amines) is 1. The lowest BCUT2D eigenvalue weighted by atomic mass is 9.92. The van der Waals surface area contributed by atoms with Gasteiger partial charge in [0.15, 0.2) is 6.19 Å². The highest BCUT2D eigenvalue weighted by Crippen LogP contribution is 2.28. The van der Waals surface area contributed by atoms with E-state index in [9.17, 15) is 0 Å². The van der Waals surface area contributed by atoms with Gasteiger partial charge >= 0.3 is 0 Å². The molecule has 2 aromatic carbocycles. The molecule has 4 rings (SSSR count). The summed E-state index contributed by atoms with van der Waals surface area (Å²) in [6.07, 6.45) is 12.8. The molecule has 0 radical (unpaired) electrons. The van der Waals surface area contributed by atoms with Gasteiger partial charge in [-0.05, 0) is 113 Å². The zero-order valence-electron chi connectivity index (χ0n) is 27.3. The van der Waals surface area contributed by atoms with Crippen LogP contribution in [0.3, 0.4) is 0 Å². The van der Waals surface area contributed by atoms with Crippen LogP contribution in [0, 0.1) is 11.5 Å². The van der Waals surface area contributed by atoms with E-state index in [0.717, 1.165) is 74.7 Å². The molecule has 9 heteroatoms. The van der Waals surface area contributed by atoms with Crippen LogP contribution < -0.4 is 15.4 Å². The SMILES string of the molecule is CN(CCCCCNC(=NCCCOc1ccc(CN2CCCCC2)cc1)NC#N)CCC(c1ccc(Cl)cc1)c1ccccn1. The first kappa shape index (κ1) is 35.2. The molecule has 1 aliphatic rings. The number of rotatable bonds is 18. The van der Waals surface area contributed by atoms with Gasteiger partial charge in [-0.1, -0.05) is 54.8 Å². The van der Waals surface area contributed by atoms with E-state index in [2.05, 4.69) is 86.0 Å². The number of nitriles is 1. The van der Waals surface area contributed by atoms with Crippen molar-refractivity contribution in [2.24, 2.45) is 4.99 Å². The van der Waals surface area contributed by atoms with Crippen LogP contribution in [0.1, 0.15) is 74.1 Å². The van der Waals surface area contributed by atoms with Gasteiger partial charge < -0.3 is 15.0 Å². The maximum absolute atomic E-state index is 9.14. The number of aliphatic imine (C=N–C) groups is 1. The first-order chi connectivity index (χ1) is 22.6. The standard InChI is InChI=1S/C37H50ClN7O/c1-44(27-20-35(36-11-4-6-21-40-36)32-14-16-33(38)17-15-32)24-7-2-5-22-41-37(43-30-39)42-23-10-28-46-34-18-12-31(13-19-34)29-45-25-8-3-9-26-45/h4,6,11-19,21,35H,2-3,5,7-10,20,22-29H2,1H3,(H2,41,42,43). The van der Waals surface area contributed by atoms with Crippen LogP contribution in [0.4, 0.5) is 0 Å². The number of nitrogens with one attached hydrogen (secondary N) is 2. The third kappa shape index (κ3) is 13.0. The fourth-order valence-electron chi connectivity index (χ4n) is 5.82. The molecule has 0 aliphatic carbocycles. The highest BCUT2D eigenvalue weighted by molar-refractivity contribution is 6.30. The summed E-state index contributed by atoms with van der Waals surface area (Å²) < 4.78 is 5.92. The Labute approximate surface area is 280 Å². The monoisotopic (exact) mass is 643 g/mol. The predicted octanol–water partition coefficient (Wildman–Crippen LogP) is 6.83. The number of piperidine rings is 1. The number of guanidine groups is 1. The molecule has 46 heavy (non-hydrogen) atoms. The molecular weight excluding hydrogens is 594 g/mol. The van der Waals surface area contributed by atoms with Crippen LogP contribution in [-0.2, 0) is 6.54 Å². The Balaban J connectivity index is 1.07. The van der Waals surface area contributed by atoms with Crippen molar-refractivity contribution in [1.82, 2.24) is 25.4 Å². The van der Waals surface area contributed by atoms with E-state index in [0.29, 0.717) is 19.1 Å². The van der Waals surface area contributed by atoms with Crippen molar-refractivity contribution in [1.29, 1.82) is 5.26 Å². The van der Waals surface area contributed by atoms with Crippen molar-refractivity contribution in [2.75, 3.05) is 52.9 Å². The quantitative estimate of drug-likeness (QED) is 0.0516. The topological polar surface area (TPSA) is 88.8 Å². The molecule has 1 unspecified atom stereocenters.